The van der Waals surface area contributed by atoms with Gasteiger partial charge in [-0.05, 0) is 20.8 Å². The molecule has 0 aromatic rings. The largest absolute Gasteiger partial charge is 0.379 e. The highest BCUT2D eigenvalue weighted by molar-refractivity contribution is 5.77. The predicted molar refractivity (Wildman–Crippen MR) is 34.0 cm³/mol. The Morgan fingerprint density at radius 1 is 1.60 bits per heavy atom. The number of hydrogen-bond acceptors (Lipinski definition) is 4. The zero-order valence-electron chi connectivity index (χ0n) is 6.38. The van der Waals surface area contributed by atoms with Gasteiger partial charge in [0, 0.05) is 0 Å². The molecular weight excluding hydrogens is 136 g/mol. The first-order valence-electron chi connectivity index (χ1n) is 3.04. The van der Waals surface area contributed by atoms with Crippen LogP contribution in [0.15, 0.2) is 0 Å². The summed E-state index contributed by atoms with van der Waals surface area (Å²) in [6.07, 6.45) is 0. The minimum atomic E-state index is -1.48. The van der Waals surface area contributed by atoms with Crippen molar-refractivity contribution in [1.29, 1.82) is 0 Å². The molecule has 0 heterocycles. The van der Waals surface area contributed by atoms with E-state index in [0.717, 1.165) is 0 Å². The summed E-state index contributed by atoms with van der Waals surface area (Å²) in [5.74, 6) is -0.783. The van der Waals surface area contributed by atoms with E-state index in [4.69, 9.17) is 5.11 Å². The summed E-state index contributed by atoms with van der Waals surface area (Å²) in [5, 5.41) is 8.96. The van der Waals surface area contributed by atoms with Crippen LogP contribution in [-0.2, 0) is 14.6 Å². The fourth-order valence-corrected chi connectivity index (χ4v) is 0.214. The molecule has 10 heavy (non-hydrogen) atoms. The molecule has 4 heteroatoms. The van der Waals surface area contributed by atoms with Crippen molar-refractivity contribution in [2.45, 2.75) is 26.4 Å². The first kappa shape index (κ1) is 9.39. The van der Waals surface area contributed by atoms with E-state index in [1.165, 1.54) is 13.8 Å². The summed E-state index contributed by atoms with van der Waals surface area (Å²) in [6, 6.07) is 0. The monoisotopic (exact) mass is 148 g/mol. The topological polar surface area (TPSA) is 55.8 Å². The lowest BCUT2D eigenvalue weighted by Gasteiger charge is -2.12. The predicted octanol–water partition coefficient (Wildman–Crippen LogP) is 0.252. The number of aliphatic hydroxyl groups is 1. The molecule has 0 bridgehead atoms. The van der Waals surface area contributed by atoms with Crippen LogP contribution in [-0.4, -0.2) is 23.3 Å². The summed E-state index contributed by atoms with van der Waals surface area (Å²) >= 11 is 0. The average molecular weight is 148 g/mol. The van der Waals surface area contributed by atoms with Gasteiger partial charge in [-0.25, -0.2) is 4.79 Å². The van der Waals surface area contributed by atoms with Crippen LogP contribution in [0, 0.1) is 0 Å². The van der Waals surface area contributed by atoms with Gasteiger partial charge in [-0.1, -0.05) is 0 Å². The van der Waals surface area contributed by atoms with Crippen LogP contribution < -0.4 is 0 Å². The third-order valence-corrected chi connectivity index (χ3v) is 0.752. The standard InChI is InChI=1S/C6H12O4/c1-4-9-10-5(7)6(2,3)8/h8H,4H2,1-3H3. The van der Waals surface area contributed by atoms with Crippen LogP contribution in [0.2, 0.25) is 0 Å². The Labute approximate surface area is 59.7 Å². The molecule has 0 aromatic heterocycles. The van der Waals surface area contributed by atoms with Crippen molar-refractivity contribution in [2.75, 3.05) is 6.61 Å². The molecule has 1 N–H and O–H groups in total. The molecule has 4 nitrogen and oxygen atoms in total. The van der Waals surface area contributed by atoms with Crippen molar-refractivity contribution < 1.29 is 19.7 Å². The second-order valence-corrected chi connectivity index (χ2v) is 2.34. The molecule has 0 radical (unpaired) electrons. The second-order valence-electron chi connectivity index (χ2n) is 2.34. The minimum Gasteiger partial charge on any atom is -0.379 e. The molecule has 0 fully saturated rings. The maximum absolute atomic E-state index is 10.6. The smallest absolute Gasteiger partial charge is 0.372 e. The zero-order valence-corrected chi connectivity index (χ0v) is 6.38. The molecule has 0 saturated heterocycles. The summed E-state index contributed by atoms with van der Waals surface area (Å²) < 4.78 is 0. The maximum atomic E-state index is 10.6. The SMILES string of the molecule is CCOOC(=O)C(C)(C)O. The Bertz CT molecular complexity index is 113. The van der Waals surface area contributed by atoms with Crippen LogP contribution in [0.25, 0.3) is 0 Å². The van der Waals surface area contributed by atoms with E-state index in [1.54, 1.807) is 6.92 Å². The van der Waals surface area contributed by atoms with Crippen molar-refractivity contribution in [3.63, 3.8) is 0 Å². The Hall–Kier alpha value is -0.610. The number of carbonyl (C=O) groups is 1. The normalized spacial score (nSPS) is 11.2. The van der Waals surface area contributed by atoms with E-state index < -0.39 is 11.6 Å². The Morgan fingerprint density at radius 3 is 2.40 bits per heavy atom. The maximum Gasteiger partial charge on any atom is 0.372 e. The van der Waals surface area contributed by atoms with Crippen molar-refractivity contribution >= 4 is 5.97 Å². The van der Waals surface area contributed by atoms with Crippen molar-refractivity contribution in [3.05, 3.63) is 0 Å². The van der Waals surface area contributed by atoms with Crippen molar-refractivity contribution in [2.24, 2.45) is 0 Å². The van der Waals surface area contributed by atoms with Gasteiger partial charge in [-0.15, -0.1) is 0 Å². The van der Waals surface area contributed by atoms with Gasteiger partial charge in [0.15, 0.2) is 5.60 Å². The fraction of sp³-hybridized carbons (Fsp3) is 0.833. The first-order valence-corrected chi connectivity index (χ1v) is 3.04. The third-order valence-electron chi connectivity index (χ3n) is 0.752. The highest BCUT2D eigenvalue weighted by Gasteiger charge is 2.26. The highest BCUT2D eigenvalue weighted by Crippen LogP contribution is 2.03. The van der Waals surface area contributed by atoms with Crippen LogP contribution in [0.5, 0.6) is 0 Å². The van der Waals surface area contributed by atoms with Crippen molar-refractivity contribution in [1.82, 2.24) is 0 Å². The molecule has 0 unspecified atom stereocenters. The quantitative estimate of drug-likeness (QED) is 0.460. The number of carbonyl (C=O) groups excluding carboxylic acids is 1. The fourth-order valence-electron chi connectivity index (χ4n) is 0.214. The minimum absolute atomic E-state index is 0.280. The van der Waals surface area contributed by atoms with Crippen LogP contribution in [0.4, 0.5) is 0 Å². The lowest BCUT2D eigenvalue weighted by molar-refractivity contribution is -0.281. The molecule has 0 spiro atoms. The van der Waals surface area contributed by atoms with Gasteiger partial charge in [0.25, 0.3) is 0 Å². The summed E-state index contributed by atoms with van der Waals surface area (Å²) in [5.41, 5.74) is -1.48. The molecule has 0 rings (SSSR count). The van der Waals surface area contributed by atoms with E-state index in [0.29, 0.717) is 0 Å². The van der Waals surface area contributed by atoms with Crippen LogP contribution in [0.1, 0.15) is 20.8 Å². The van der Waals surface area contributed by atoms with Gasteiger partial charge in [0.1, 0.15) is 0 Å². The molecule has 0 amide bonds. The number of rotatable bonds is 3. The Kier molecular flexibility index (Phi) is 3.32. The van der Waals surface area contributed by atoms with E-state index in [1.807, 2.05) is 0 Å². The van der Waals surface area contributed by atoms with Crippen LogP contribution in [0.3, 0.4) is 0 Å². The average Bonchev–Trinajstić information content (AvgIpc) is 1.80. The summed E-state index contributed by atoms with van der Waals surface area (Å²) in [7, 11) is 0. The van der Waals surface area contributed by atoms with Gasteiger partial charge < -0.3 is 5.11 Å². The summed E-state index contributed by atoms with van der Waals surface area (Å²) in [4.78, 5) is 19.1. The highest BCUT2D eigenvalue weighted by atomic mass is 17.2. The van der Waals surface area contributed by atoms with E-state index in [2.05, 4.69) is 9.78 Å². The molecular formula is C6H12O4. The van der Waals surface area contributed by atoms with E-state index in [9.17, 15) is 4.79 Å². The molecule has 0 aliphatic carbocycles. The lowest BCUT2D eigenvalue weighted by atomic mass is 10.1. The number of hydrogen-bond donors (Lipinski definition) is 1. The van der Waals surface area contributed by atoms with E-state index >= 15 is 0 Å². The van der Waals surface area contributed by atoms with Crippen LogP contribution >= 0.6 is 0 Å². The summed E-state index contributed by atoms with van der Waals surface area (Å²) in [6.45, 7) is 4.61. The molecule has 0 saturated carbocycles. The van der Waals surface area contributed by atoms with E-state index in [-0.39, 0.29) is 6.61 Å². The van der Waals surface area contributed by atoms with Crippen molar-refractivity contribution in [3.8, 4) is 0 Å². The molecule has 0 aliphatic heterocycles. The van der Waals surface area contributed by atoms with Gasteiger partial charge in [-0.2, -0.15) is 4.89 Å². The Balaban J connectivity index is 3.64. The van der Waals surface area contributed by atoms with Gasteiger partial charge in [0.05, 0.1) is 6.61 Å². The second kappa shape index (κ2) is 3.53. The molecule has 60 valence electrons. The molecule has 0 aromatic carbocycles. The molecule has 0 atom stereocenters. The first-order chi connectivity index (χ1) is 4.48. The zero-order chi connectivity index (χ0) is 8.20. The van der Waals surface area contributed by atoms with Gasteiger partial charge in [0.2, 0.25) is 0 Å². The van der Waals surface area contributed by atoms with Gasteiger partial charge in [-0.3, -0.25) is 4.89 Å². The molecule has 0 aliphatic rings. The lowest BCUT2D eigenvalue weighted by Crippen LogP contribution is -2.33. The Morgan fingerprint density at radius 2 is 2.10 bits per heavy atom. The van der Waals surface area contributed by atoms with Gasteiger partial charge >= 0.3 is 5.97 Å². The third kappa shape index (κ3) is 3.42.